The summed E-state index contributed by atoms with van der Waals surface area (Å²) in [6.07, 6.45) is 2.76. The predicted octanol–water partition coefficient (Wildman–Crippen LogP) is 1.50. The van der Waals surface area contributed by atoms with E-state index in [9.17, 15) is 14.3 Å². The molecule has 3 rings (SSSR count). The van der Waals surface area contributed by atoms with E-state index < -0.39 is 6.10 Å². The molecule has 1 aliphatic heterocycles. The average molecular weight is 275 g/mol. The summed E-state index contributed by atoms with van der Waals surface area (Å²) in [7, 11) is 0. The Bertz CT molecular complexity index is 615. The van der Waals surface area contributed by atoms with Crippen LogP contribution in [0.25, 0.3) is 0 Å². The van der Waals surface area contributed by atoms with Gasteiger partial charge in [-0.1, -0.05) is 12.1 Å². The molecule has 2 aromatic rings. The minimum atomic E-state index is -0.598. The molecule has 0 aliphatic carbocycles. The highest BCUT2D eigenvalue weighted by Gasteiger charge is 2.36. The number of carbonyl (C=O) groups excluding carboxylic acids is 1. The van der Waals surface area contributed by atoms with Crippen LogP contribution in [-0.4, -0.2) is 38.8 Å². The van der Waals surface area contributed by atoms with Crippen LogP contribution in [0.4, 0.5) is 4.39 Å². The molecule has 0 saturated carbocycles. The Balaban J connectivity index is 1.91. The zero-order valence-corrected chi connectivity index (χ0v) is 10.7. The number of aromatic amines is 1. The molecule has 1 amide bonds. The van der Waals surface area contributed by atoms with Gasteiger partial charge in [0.15, 0.2) is 0 Å². The van der Waals surface area contributed by atoms with Crippen molar-refractivity contribution in [2.75, 3.05) is 6.54 Å². The smallest absolute Gasteiger partial charge is 0.257 e. The van der Waals surface area contributed by atoms with Crippen LogP contribution in [0.1, 0.15) is 28.4 Å². The van der Waals surface area contributed by atoms with Crippen molar-refractivity contribution < 1.29 is 14.3 Å². The Kier molecular flexibility index (Phi) is 3.23. The first-order valence-electron chi connectivity index (χ1n) is 6.38. The van der Waals surface area contributed by atoms with E-state index in [0.717, 1.165) is 0 Å². The number of aromatic nitrogens is 2. The molecule has 2 atom stereocenters. The summed E-state index contributed by atoms with van der Waals surface area (Å²) in [5, 5.41) is 16.2. The third kappa shape index (κ3) is 2.30. The second-order valence-corrected chi connectivity index (χ2v) is 4.90. The number of nitrogens with one attached hydrogen (secondary N) is 1. The van der Waals surface area contributed by atoms with Crippen LogP contribution in [0.3, 0.4) is 0 Å². The average Bonchev–Trinajstić information content (AvgIpc) is 3.07. The zero-order chi connectivity index (χ0) is 14.1. The van der Waals surface area contributed by atoms with E-state index in [4.69, 9.17) is 0 Å². The van der Waals surface area contributed by atoms with Crippen molar-refractivity contribution in [1.29, 1.82) is 0 Å². The molecule has 1 aliphatic rings. The normalized spacial score (nSPS) is 22.2. The molecular weight excluding hydrogens is 261 g/mol. The molecule has 20 heavy (non-hydrogen) atoms. The van der Waals surface area contributed by atoms with Gasteiger partial charge in [-0.2, -0.15) is 5.10 Å². The first-order chi connectivity index (χ1) is 9.65. The number of carbonyl (C=O) groups is 1. The number of β-amino-alcohol motifs (C(OH)–C–C–N with tert-alkyl or cyclic N) is 1. The van der Waals surface area contributed by atoms with Crippen molar-refractivity contribution in [3.63, 3.8) is 0 Å². The molecule has 6 heteroatoms. The summed E-state index contributed by atoms with van der Waals surface area (Å²) >= 11 is 0. The number of benzene rings is 1. The lowest BCUT2D eigenvalue weighted by molar-refractivity contribution is 0.0715. The molecular formula is C14H14FN3O2. The van der Waals surface area contributed by atoms with Crippen LogP contribution in [0, 0.1) is 5.82 Å². The van der Waals surface area contributed by atoms with Gasteiger partial charge in [0.05, 0.1) is 23.9 Å². The molecule has 1 fully saturated rings. The van der Waals surface area contributed by atoms with Gasteiger partial charge in [-0.25, -0.2) is 4.39 Å². The molecule has 0 spiro atoms. The first kappa shape index (κ1) is 12.8. The fourth-order valence-corrected chi connectivity index (χ4v) is 2.60. The number of H-pyrrole nitrogens is 1. The lowest BCUT2D eigenvalue weighted by Gasteiger charge is -2.24. The number of nitrogens with zero attached hydrogens (tertiary/aromatic N) is 2. The van der Waals surface area contributed by atoms with Gasteiger partial charge in [0, 0.05) is 12.7 Å². The van der Waals surface area contributed by atoms with Crippen LogP contribution in [0.5, 0.6) is 0 Å². The number of rotatable bonds is 2. The molecule has 1 aromatic heterocycles. The number of hydrogen-bond acceptors (Lipinski definition) is 3. The quantitative estimate of drug-likeness (QED) is 0.872. The SMILES string of the molecule is O=C(c1cn[nH]c1)N1C[C@@H](O)C[C@H]1c1cccc(F)c1. The Labute approximate surface area is 115 Å². The third-order valence-electron chi connectivity index (χ3n) is 3.52. The highest BCUT2D eigenvalue weighted by molar-refractivity contribution is 5.94. The van der Waals surface area contributed by atoms with Crippen molar-refractivity contribution in [3.8, 4) is 0 Å². The van der Waals surface area contributed by atoms with E-state index in [1.54, 1.807) is 17.0 Å². The molecule has 0 bridgehead atoms. The van der Waals surface area contributed by atoms with E-state index >= 15 is 0 Å². The number of halogens is 1. The summed E-state index contributed by atoms with van der Waals surface area (Å²) in [5.74, 6) is -0.566. The molecule has 0 radical (unpaired) electrons. The summed E-state index contributed by atoms with van der Waals surface area (Å²) < 4.78 is 13.3. The molecule has 2 N–H and O–H groups in total. The van der Waals surface area contributed by atoms with Gasteiger partial charge in [-0.3, -0.25) is 9.89 Å². The Morgan fingerprint density at radius 1 is 1.50 bits per heavy atom. The van der Waals surface area contributed by atoms with Crippen LogP contribution in [0.15, 0.2) is 36.7 Å². The minimum Gasteiger partial charge on any atom is -0.391 e. The van der Waals surface area contributed by atoms with Crippen LogP contribution in [-0.2, 0) is 0 Å². The van der Waals surface area contributed by atoms with Gasteiger partial charge in [0.25, 0.3) is 5.91 Å². The lowest BCUT2D eigenvalue weighted by Crippen LogP contribution is -2.31. The van der Waals surface area contributed by atoms with Crippen molar-refractivity contribution in [1.82, 2.24) is 15.1 Å². The summed E-state index contributed by atoms with van der Waals surface area (Å²) in [6.45, 7) is 0.241. The van der Waals surface area contributed by atoms with Gasteiger partial charge in [-0.05, 0) is 24.1 Å². The van der Waals surface area contributed by atoms with Gasteiger partial charge in [0.2, 0.25) is 0 Å². The van der Waals surface area contributed by atoms with Crippen LogP contribution >= 0.6 is 0 Å². The van der Waals surface area contributed by atoms with E-state index in [1.807, 2.05) is 0 Å². The van der Waals surface area contributed by atoms with Crippen molar-refractivity contribution in [2.45, 2.75) is 18.6 Å². The van der Waals surface area contributed by atoms with E-state index in [1.165, 1.54) is 24.5 Å². The van der Waals surface area contributed by atoms with Crippen molar-refractivity contribution >= 4 is 5.91 Å². The molecule has 5 nitrogen and oxygen atoms in total. The second kappa shape index (κ2) is 5.05. The largest absolute Gasteiger partial charge is 0.391 e. The van der Waals surface area contributed by atoms with Crippen molar-refractivity contribution in [2.24, 2.45) is 0 Å². The van der Waals surface area contributed by atoms with Gasteiger partial charge >= 0.3 is 0 Å². The number of hydrogen-bond donors (Lipinski definition) is 2. The Morgan fingerprint density at radius 2 is 2.35 bits per heavy atom. The summed E-state index contributed by atoms with van der Waals surface area (Å²) in [6, 6.07) is 5.82. The fraction of sp³-hybridized carbons (Fsp3) is 0.286. The summed E-state index contributed by atoms with van der Waals surface area (Å²) in [4.78, 5) is 13.9. The maximum atomic E-state index is 13.3. The molecule has 1 aromatic carbocycles. The number of likely N-dealkylation sites (tertiary alicyclic amines) is 1. The lowest BCUT2D eigenvalue weighted by atomic mass is 10.0. The minimum absolute atomic E-state index is 0.218. The first-order valence-corrected chi connectivity index (χ1v) is 6.38. The maximum Gasteiger partial charge on any atom is 0.257 e. The maximum absolute atomic E-state index is 13.3. The summed E-state index contributed by atoms with van der Waals surface area (Å²) in [5.41, 5.74) is 1.12. The Hall–Kier alpha value is -2.21. The number of aliphatic hydroxyl groups excluding tert-OH is 1. The van der Waals surface area contributed by atoms with Crippen LogP contribution < -0.4 is 0 Å². The Morgan fingerprint density at radius 3 is 3.05 bits per heavy atom. The molecule has 0 unspecified atom stereocenters. The highest BCUT2D eigenvalue weighted by atomic mass is 19.1. The molecule has 2 heterocycles. The standard InChI is InChI=1S/C14H14FN3O2/c15-11-3-1-2-9(4-11)13-5-12(19)8-18(13)14(20)10-6-16-17-7-10/h1-4,6-7,12-13,19H,5,8H2,(H,16,17)/t12-,13-/m0/s1. The topological polar surface area (TPSA) is 69.2 Å². The highest BCUT2D eigenvalue weighted by Crippen LogP contribution is 2.33. The van der Waals surface area contributed by atoms with Gasteiger partial charge in [0.1, 0.15) is 5.82 Å². The van der Waals surface area contributed by atoms with E-state index in [0.29, 0.717) is 17.5 Å². The van der Waals surface area contributed by atoms with Crippen LogP contribution in [0.2, 0.25) is 0 Å². The molecule has 1 saturated heterocycles. The van der Waals surface area contributed by atoms with Gasteiger partial charge in [-0.15, -0.1) is 0 Å². The van der Waals surface area contributed by atoms with Crippen molar-refractivity contribution in [3.05, 3.63) is 53.6 Å². The second-order valence-electron chi connectivity index (χ2n) is 4.90. The number of aliphatic hydroxyl groups is 1. The van der Waals surface area contributed by atoms with Gasteiger partial charge < -0.3 is 10.0 Å². The molecule has 104 valence electrons. The monoisotopic (exact) mass is 275 g/mol. The predicted molar refractivity (Wildman–Crippen MR) is 69.4 cm³/mol. The van der Waals surface area contributed by atoms with E-state index in [2.05, 4.69) is 10.2 Å². The third-order valence-corrected chi connectivity index (χ3v) is 3.52. The van der Waals surface area contributed by atoms with E-state index in [-0.39, 0.29) is 24.3 Å². The number of amides is 1. The fourth-order valence-electron chi connectivity index (χ4n) is 2.60. The zero-order valence-electron chi connectivity index (χ0n) is 10.7.